The van der Waals surface area contributed by atoms with E-state index in [0.29, 0.717) is 12.2 Å². The highest BCUT2D eigenvalue weighted by atomic mass is 32.2. The Morgan fingerprint density at radius 1 is 1.20 bits per heavy atom. The second-order valence-corrected chi connectivity index (χ2v) is 7.69. The molecule has 0 spiro atoms. The number of fused-ring (bicyclic) bond motifs is 1. The lowest BCUT2D eigenvalue weighted by atomic mass is 10.0. The summed E-state index contributed by atoms with van der Waals surface area (Å²) in [5.41, 5.74) is 2.48. The zero-order valence-electron chi connectivity index (χ0n) is 14.1. The van der Waals surface area contributed by atoms with Gasteiger partial charge in [0, 0.05) is 19.0 Å². The molecule has 3 rings (SSSR count). The van der Waals surface area contributed by atoms with E-state index in [4.69, 9.17) is 9.88 Å². The van der Waals surface area contributed by atoms with E-state index < -0.39 is 10.0 Å². The topological polar surface area (TPSA) is 89.7 Å². The third-order valence-corrected chi connectivity index (χ3v) is 5.46. The molecule has 1 aliphatic rings. The van der Waals surface area contributed by atoms with Gasteiger partial charge in [0.15, 0.2) is 0 Å². The maximum Gasteiger partial charge on any atom is 0.254 e. The number of primary sulfonamides is 1. The average Bonchev–Trinajstić information content (AvgIpc) is 3.06. The molecule has 2 aromatic carbocycles. The van der Waals surface area contributed by atoms with Gasteiger partial charge in [-0.1, -0.05) is 12.1 Å². The number of amides is 1. The van der Waals surface area contributed by atoms with Crippen molar-refractivity contribution >= 4 is 15.9 Å². The van der Waals surface area contributed by atoms with Gasteiger partial charge >= 0.3 is 0 Å². The second-order valence-electron chi connectivity index (χ2n) is 6.13. The summed E-state index contributed by atoms with van der Waals surface area (Å²) >= 11 is 0. The molecule has 1 atom stereocenters. The summed E-state index contributed by atoms with van der Waals surface area (Å²) in [6, 6.07) is 11.5. The van der Waals surface area contributed by atoms with Crippen molar-refractivity contribution in [3.63, 3.8) is 0 Å². The van der Waals surface area contributed by atoms with E-state index in [9.17, 15) is 13.2 Å². The van der Waals surface area contributed by atoms with Gasteiger partial charge in [0.05, 0.1) is 17.5 Å². The van der Waals surface area contributed by atoms with Crippen molar-refractivity contribution in [2.24, 2.45) is 5.14 Å². The summed E-state index contributed by atoms with van der Waals surface area (Å²) in [5, 5.41) is 5.11. The zero-order valence-corrected chi connectivity index (χ0v) is 14.9. The highest BCUT2D eigenvalue weighted by Gasteiger charge is 2.21. The van der Waals surface area contributed by atoms with Crippen molar-refractivity contribution in [1.82, 2.24) is 4.90 Å². The fraction of sp³-hybridized carbons (Fsp3) is 0.278. The zero-order chi connectivity index (χ0) is 18.2. The van der Waals surface area contributed by atoms with Crippen molar-refractivity contribution in [1.29, 1.82) is 0 Å². The lowest BCUT2D eigenvalue weighted by Crippen LogP contribution is -2.29. The van der Waals surface area contributed by atoms with Gasteiger partial charge in [-0.15, -0.1) is 0 Å². The SMILES string of the molecule is CC(c1ccc(S(N)(=O)=O)cc1)N(C)C(=O)c1ccc2c(c1)CCO2. The van der Waals surface area contributed by atoms with Crippen LogP contribution in [0.3, 0.4) is 0 Å². The highest BCUT2D eigenvalue weighted by molar-refractivity contribution is 7.89. The van der Waals surface area contributed by atoms with Crippen LogP contribution in [0.25, 0.3) is 0 Å². The lowest BCUT2D eigenvalue weighted by Gasteiger charge is -2.25. The standard InChI is InChI=1S/C18H20N2O4S/c1-12(13-3-6-16(7-4-13)25(19,22)23)20(2)18(21)15-5-8-17-14(11-15)9-10-24-17/h3-8,11-12H,9-10H2,1-2H3,(H2,19,22,23). The summed E-state index contributed by atoms with van der Waals surface area (Å²) in [6.45, 7) is 2.54. The van der Waals surface area contributed by atoms with Gasteiger partial charge < -0.3 is 9.64 Å². The number of rotatable bonds is 4. The molecule has 0 radical (unpaired) electrons. The van der Waals surface area contributed by atoms with Gasteiger partial charge in [0.25, 0.3) is 5.91 Å². The number of nitrogens with two attached hydrogens (primary N) is 1. The number of nitrogens with zero attached hydrogens (tertiary/aromatic N) is 1. The Morgan fingerprint density at radius 2 is 1.88 bits per heavy atom. The van der Waals surface area contributed by atoms with Gasteiger partial charge in [-0.3, -0.25) is 4.79 Å². The van der Waals surface area contributed by atoms with Crippen LogP contribution in [0.2, 0.25) is 0 Å². The number of sulfonamides is 1. The van der Waals surface area contributed by atoms with Crippen LogP contribution in [-0.4, -0.2) is 32.9 Å². The van der Waals surface area contributed by atoms with Crippen LogP contribution in [-0.2, 0) is 16.4 Å². The number of hydrogen-bond donors (Lipinski definition) is 1. The first-order valence-electron chi connectivity index (χ1n) is 7.93. The third kappa shape index (κ3) is 3.52. The predicted molar refractivity (Wildman–Crippen MR) is 94.0 cm³/mol. The molecule has 1 amide bonds. The van der Waals surface area contributed by atoms with Crippen molar-refractivity contribution in [3.8, 4) is 5.75 Å². The molecule has 0 aliphatic carbocycles. The van der Waals surface area contributed by atoms with Crippen LogP contribution in [0.1, 0.15) is 34.5 Å². The van der Waals surface area contributed by atoms with E-state index in [2.05, 4.69) is 0 Å². The van der Waals surface area contributed by atoms with Crippen molar-refractivity contribution in [2.75, 3.05) is 13.7 Å². The fourth-order valence-electron chi connectivity index (χ4n) is 2.86. The molecule has 2 aromatic rings. The number of benzene rings is 2. The smallest absolute Gasteiger partial charge is 0.254 e. The first-order valence-corrected chi connectivity index (χ1v) is 9.47. The van der Waals surface area contributed by atoms with Gasteiger partial charge in [0.2, 0.25) is 10.0 Å². The third-order valence-electron chi connectivity index (χ3n) is 4.53. The number of ether oxygens (including phenoxy) is 1. The maximum absolute atomic E-state index is 12.8. The van der Waals surface area contributed by atoms with Crippen LogP contribution in [0.5, 0.6) is 5.75 Å². The molecule has 6 nitrogen and oxygen atoms in total. The van der Waals surface area contributed by atoms with E-state index in [1.807, 2.05) is 19.1 Å². The molecule has 0 fully saturated rings. The molecular formula is C18H20N2O4S. The molecule has 25 heavy (non-hydrogen) atoms. The van der Waals surface area contributed by atoms with Crippen LogP contribution < -0.4 is 9.88 Å². The van der Waals surface area contributed by atoms with E-state index in [1.165, 1.54) is 12.1 Å². The largest absolute Gasteiger partial charge is 0.493 e. The molecule has 1 aliphatic heterocycles. The minimum absolute atomic E-state index is 0.0519. The van der Waals surface area contributed by atoms with E-state index in [0.717, 1.165) is 23.3 Å². The van der Waals surface area contributed by atoms with E-state index in [-0.39, 0.29) is 16.8 Å². The van der Waals surface area contributed by atoms with Crippen molar-refractivity contribution in [2.45, 2.75) is 24.3 Å². The second kappa shape index (κ2) is 6.50. The van der Waals surface area contributed by atoms with E-state index in [1.54, 1.807) is 30.1 Å². The van der Waals surface area contributed by atoms with Crippen LogP contribution in [0, 0.1) is 0 Å². The Morgan fingerprint density at radius 3 is 2.52 bits per heavy atom. The molecular weight excluding hydrogens is 340 g/mol. The summed E-state index contributed by atoms with van der Waals surface area (Å²) in [7, 11) is -2.00. The summed E-state index contributed by atoms with van der Waals surface area (Å²) in [6.07, 6.45) is 0.810. The fourth-order valence-corrected chi connectivity index (χ4v) is 3.37. The predicted octanol–water partition coefficient (Wildman–Crippen LogP) is 2.10. The molecule has 2 N–H and O–H groups in total. The van der Waals surface area contributed by atoms with Crippen LogP contribution in [0.4, 0.5) is 0 Å². The van der Waals surface area contributed by atoms with Crippen LogP contribution >= 0.6 is 0 Å². The average molecular weight is 360 g/mol. The normalized spacial score (nSPS) is 14.5. The van der Waals surface area contributed by atoms with Crippen molar-refractivity contribution in [3.05, 3.63) is 59.2 Å². The molecule has 0 aromatic heterocycles. The molecule has 0 bridgehead atoms. The number of carbonyl (C=O) groups excluding carboxylic acids is 1. The summed E-state index contributed by atoms with van der Waals surface area (Å²) < 4.78 is 28.1. The molecule has 132 valence electrons. The maximum atomic E-state index is 12.8. The Labute approximate surface area is 147 Å². The van der Waals surface area contributed by atoms with Gasteiger partial charge in [-0.05, 0) is 48.4 Å². The molecule has 7 heteroatoms. The Bertz CT molecular complexity index is 907. The number of hydrogen-bond acceptors (Lipinski definition) is 4. The Kier molecular flexibility index (Phi) is 4.53. The monoisotopic (exact) mass is 360 g/mol. The lowest BCUT2D eigenvalue weighted by molar-refractivity contribution is 0.0742. The first-order chi connectivity index (χ1) is 11.8. The molecule has 0 saturated carbocycles. The minimum atomic E-state index is -3.72. The van der Waals surface area contributed by atoms with Crippen LogP contribution in [0.15, 0.2) is 47.4 Å². The first kappa shape index (κ1) is 17.4. The Balaban J connectivity index is 1.79. The quantitative estimate of drug-likeness (QED) is 0.904. The summed E-state index contributed by atoms with van der Waals surface area (Å²) in [4.78, 5) is 14.4. The minimum Gasteiger partial charge on any atom is -0.493 e. The number of carbonyl (C=O) groups is 1. The summed E-state index contributed by atoms with van der Waals surface area (Å²) in [5.74, 6) is 0.739. The molecule has 1 unspecified atom stereocenters. The highest BCUT2D eigenvalue weighted by Crippen LogP contribution is 2.28. The molecule has 0 saturated heterocycles. The van der Waals surface area contributed by atoms with Gasteiger partial charge in [-0.25, -0.2) is 13.6 Å². The van der Waals surface area contributed by atoms with E-state index >= 15 is 0 Å². The van der Waals surface area contributed by atoms with Gasteiger partial charge in [0.1, 0.15) is 5.75 Å². The van der Waals surface area contributed by atoms with Gasteiger partial charge in [-0.2, -0.15) is 0 Å². The van der Waals surface area contributed by atoms with Crippen molar-refractivity contribution < 1.29 is 17.9 Å². The Hall–Kier alpha value is -2.38. The molecule has 1 heterocycles.